The Kier molecular flexibility index (Phi) is 6.06. The monoisotopic (exact) mass is 394 g/mol. The molecule has 0 saturated carbocycles. The van der Waals surface area contributed by atoms with Crippen molar-refractivity contribution in [2.75, 3.05) is 12.4 Å². The van der Waals surface area contributed by atoms with Gasteiger partial charge in [-0.25, -0.2) is 9.78 Å². The molecule has 2 aromatic carbocycles. The average Bonchev–Trinajstić information content (AvgIpc) is 3.13. The van der Waals surface area contributed by atoms with Crippen molar-refractivity contribution in [3.05, 3.63) is 77.4 Å². The fourth-order valence-electron chi connectivity index (χ4n) is 2.88. The summed E-state index contributed by atoms with van der Waals surface area (Å²) in [5.41, 5.74) is 4.24. The number of ether oxygens (including phenoxy) is 1. The largest absolute Gasteiger partial charge is 0.465 e. The van der Waals surface area contributed by atoms with Crippen molar-refractivity contribution >= 4 is 29.0 Å². The van der Waals surface area contributed by atoms with Crippen molar-refractivity contribution < 1.29 is 9.53 Å². The smallest absolute Gasteiger partial charge is 0.338 e. The molecule has 0 spiro atoms. The number of carbonyl (C=O) groups excluding carboxylic acids is 1. The van der Waals surface area contributed by atoms with Gasteiger partial charge in [-0.2, -0.15) is 0 Å². The molecule has 3 rings (SSSR count). The maximum Gasteiger partial charge on any atom is 0.338 e. The van der Waals surface area contributed by atoms with E-state index < -0.39 is 0 Å². The first-order valence-electron chi connectivity index (χ1n) is 8.81. The van der Waals surface area contributed by atoms with Gasteiger partial charge in [-0.05, 0) is 61.5 Å². The number of methoxy groups -OCH3 is 1. The Labute approximate surface area is 169 Å². The molecule has 0 unspecified atom stereocenters. The van der Waals surface area contributed by atoms with Crippen LogP contribution in [0.3, 0.4) is 0 Å². The van der Waals surface area contributed by atoms with E-state index in [1.165, 1.54) is 7.11 Å². The first-order valence-corrected chi connectivity index (χ1v) is 9.22. The third kappa shape index (κ3) is 4.37. The first-order chi connectivity index (χ1) is 13.5. The van der Waals surface area contributed by atoms with Gasteiger partial charge in [0.15, 0.2) is 5.11 Å². The Hall–Kier alpha value is -3.19. The van der Waals surface area contributed by atoms with Crippen molar-refractivity contribution in [2.24, 2.45) is 0 Å². The van der Waals surface area contributed by atoms with Crippen LogP contribution in [0.2, 0.25) is 0 Å². The van der Waals surface area contributed by atoms with Crippen LogP contribution in [0.15, 0.2) is 54.9 Å². The fraction of sp³-hybridized carbons (Fsp3) is 0.190. The number of anilines is 1. The molecule has 2 N–H and O–H groups in total. The standard InChI is InChI=1S/C21H22N4O2S/c1-14-18(20(26)27-3)5-4-6-19(14)24-21(28)23-13-16-7-9-17(10-8-16)25-12-11-22-15(25)2/h4-12H,13H2,1-3H3,(H2,23,24,28). The normalized spacial score (nSPS) is 10.4. The molecule has 7 heteroatoms. The van der Waals surface area contributed by atoms with Crippen LogP contribution >= 0.6 is 12.2 Å². The van der Waals surface area contributed by atoms with Crippen molar-refractivity contribution in [2.45, 2.75) is 20.4 Å². The van der Waals surface area contributed by atoms with Gasteiger partial charge in [0.1, 0.15) is 5.82 Å². The third-order valence-corrected chi connectivity index (χ3v) is 4.73. The van der Waals surface area contributed by atoms with Gasteiger partial charge in [0.2, 0.25) is 0 Å². The van der Waals surface area contributed by atoms with E-state index in [2.05, 4.69) is 15.6 Å². The number of aryl methyl sites for hydroxylation is 1. The van der Waals surface area contributed by atoms with Crippen LogP contribution in [-0.2, 0) is 11.3 Å². The van der Waals surface area contributed by atoms with Crippen molar-refractivity contribution in [3.8, 4) is 5.69 Å². The number of benzene rings is 2. The van der Waals surface area contributed by atoms with Gasteiger partial charge in [0.25, 0.3) is 0 Å². The Morgan fingerprint density at radius 3 is 2.57 bits per heavy atom. The quantitative estimate of drug-likeness (QED) is 0.507. The topological polar surface area (TPSA) is 68.2 Å². The SMILES string of the molecule is COC(=O)c1cccc(NC(=S)NCc2ccc(-n3ccnc3C)cc2)c1C. The predicted molar refractivity (Wildman–Crippen MR) is 114 cm³/mol. The van der Waals surface area contributed by atoms with Crippen molar-refractivity contribution in [1.82, 2.24) is 14.9 Å². The van der Waals surface area contributed by atoms with Crippen LogP contribution in [0.1, 0.15) is 27.3 Å². The molecule has 0 aliphatic heterocycles. The summed E-state index contributed by atoms with van der Waals surface area (Å²) in [6.07, 6.45) is 3.72. The molecule has 144 valence electrons. The van der Waals surface area contributed by atoms with Gasteiger partial charge in [-0.3, -0.25) is 0 Å². The van der Waals surface area contributed by atoms with E-state index in [9.17, 15) is 4.79 Å². The second-order valence-electron chi connectivity index (χ2n) is 6.29. The third-order valence-electron chi connectivity index (χ3n) is 4.48. The highest BCUT2D eigenvalue weighted by atomic mass is 32.1. The Morgan fingerprint density at radius 1 is 1.18 bits per heavy atom. The number of hydrogen-bond acceptors (Lipinski definition) is 4. The highest BCUT2D eigenvalue weighted by Gasteiger charge is 2.12. The number of carbonyl (C=O) groups is 1. The summed E-state index contributed by atoms with van der Waals surface area (Å²) in [6, 6.07) is 13.6. The Morgan fingerprint density at radius 2 is 1.93 bits per heavy atom. The van der Waals surface area contributed by atoms with E-state index in [0.717, 1.165) is 28.3 Å². The molecule has 1 heterocycles. The molecule has 0 aliphatic rings. The van der Waals surface area contributed by atoms with Crippen LogP contribution < -0.4 is 10.6 Å². The zero-order valence-corrected chi connectivity index (χ0v) is 16.8. The molecular formula is C21H22N4O2S. The summed E-state index contributed by atoms with van der Waals surface area (Å²) in [7, 11) is 1.37. The summed E-state index contributed by atoms with van der Waals surface area (Å²) in [5.74, 6) is 0.578. The molecule has 0 radical (unpaired) electrons. The molecule has 28 heavy (non-hydrogen) atoms. The Balaban J connectivity index is 1.60. The van der Waals surface area contributed by atoms with Gasteiger partial charge < -0.3 is 19.9 Å². The van der Waals surface area contributed by atoms with Crippen LogP contribution in [0.25, 0.3) is 5.69 Å². The van der Waals surface area contributed by atoms with E-state index in [0.29, 0.717) is 17.2 Å². The van der Waals surface area contributed by atoms with Crippen LogP contribution in [-0.4, -0.2) is 27.7 Å². The second kappa shape index (κ2) is 8.67. The highest BCUT2D eigenvalue weighted by molar-refractivity contribution is 7.80. The number of thiocarbonyl (C=S) groups is 1. The van der Waals surface area contributed by atoms with Crippen LogP contribution in [0.4, 0.5) is 5.69 Å². The molecule has 0 saturated heterocycles. The minimum Gasteiger partial charge on any atom is -0.465 e. The minimum absolute atomic E-state index is 0.367. The number of aromatic nitrogens is 2. The van der Waals surface area contributed by atoms with Gasteiger partial charge in [0, 0.05) is 30.3 Å². The maximum absolute atomic E-state index is 11.8. The van der Waals surface area contributed by atoms with Gasteiger partial charge in [0.05, 0.1) is 12.7 Å². The molecule has 1 aromatic heterocycles. The van der Waals surface area contributed by atoms with E-state index in [-0.39, 0.29) is 5.97 Å². The minimum atomic E-state index is -0.367. The molecule has 3 aromatic rings. The first kappa shape index (κ1) is 19.6. The summed E-state index contributed by atoms with van der Waals surface area (Å²) in [6.45, 7) is 4.41. The summed E-state index contributed by atoms with van der Waals surface area (Å²) >= 11 is 5.39. The summed E-state index contributed by atoms with van der Waals surface area (Å²) < 4.78 is 6.83. The second-order valence-corrected chi connectivity index (χ2v) is 6.70. The van der Waals surface area contributed by atoms with E-state index in [1.54, 1.807) is 18.3 Å². The summed E-state index contributed by atoms with van der Waals surface area (Å²) in [5, 5.41) is 6.81. The zero-order valence-electron chi connectivity index (χ0n) is 16.0. The number of hydrogen-bond donors (Lipinski definition) is 2. The molecule has 0 atom stereocenters. The molecular weight excluding hydrogens is 372 g/mol. The predicted octanol–water partition coefficient (Wildman–Crippen LogP) is 3.76. The van der Waals surface area contributed by atoms with Gasteiger partial charge in [-0.1, -0.05) is 18.2 Å². The van der Waals surface area contributed by atoms with Gasteiger partial charge in [-0.15, -0.1) is 0 Å². The number of imidazole rings is 1. The van der Waals surface area contributed by atoms with E-state index >= 15 is 0 Å². The lowest BCUT2D eigenvalue weighted by Gasteiger charge is -2.14. The zero-order chi connectivity index (χ0) is 20.1. The molecule has 0 aliphatic carbocycles. The van der Waals surface area contributed by atoms with Gasteiger partial charge >= 0.3 is 5.97 Å². The number of nitrogens with one attached hydrogen (secondary N) is 2. The number of esters is 1. The fourth-order valence-corrected chi connectivity index (χ4v) is 3.06. The van der Waals surface area contributed by atoms with E-state index in [4.69, 9.17) is 17.0 Å². The molecule has 0 fully saturated rings. The van der Waals surface area contributed by atoms with Crippen molar-refractivity contribution in [1.29, 1.82) is 0 Å². The lowest BCUT2D eigenvalue weighted by Crippen LogP contribution is -2.28. The maximum atomic E-state index is 11.8. The molecule has 0 amide bonds. The average molecular weight is 395 g/mol. The lowest BCUT2D eigenvalue weighted by atomic mass is 10.1. The Bertz CT molecular complexity index is 996. The van der Waals surface area contributed by atoms with Crippen molar-refractivity contribution in [3.63, 3.8) is 0 Å². The van der Waals surface area contributed by atoms with Crippen LogP contribution in [0, 0.1) is 13.8 Å². The molecule has 0 bridgehead atoms. The summed E-state index contributed by atoms with van der Waals surface area (Å²) in [4.78, 5) is 16.1. The van der Waals surface area contributed by atoms with E-state index in [1.807, 2.05) is 54.9 Å². The highest BCUT2D eigenvalue weighted by Crippen LogP contribution is 2.19. The lowest BCUT2D eigenvalue weighted by molar-refractivity contribution is 0.0600. The van der Waals surface area contributed by atoms with Crippen LogP contribution in [0.5, 0.6) is 0 Å². The molecule has 6 nitrogen and oxygen atoms in total. The number of nitrogens with zero attached hydrogens (tertiary/aromatic N) is 2. The number of rotatable bonds is 5.